The molecule has 2 saturated heterocycles. The van der Waals surface area contributed by atoms with Crippen molar-refractivity contribution in [3.8, 4) is 11.5 Å². The van der Waals surface area contributed by atoms with E-state index in [9.17, 15) is 18.0 Å². The minimum absolute atomic E-state index is 0.00144. The molecule has 2 aromatic rings. The molecular weight excluding hydrogens is 499 g/mol. The Hall–Kier alpha value is -2.78. The number of piperidine rings is 1. The highest BCUT2D eigenvalue weighted by Gasteiger charge is 2.41. The average Bonchev–Trinajstić information content (AvgIpc) is 3.60. The van der Waals surface area contributed by atoms with E-state index in [1.54, 1.807) is 18.2 Å². The summed E-state index contributed by atoms with van der Waals surface area (Å²) in [4.78, 5) is 13.3. The summed E-state index contributed by atoms with van der Waals surface area (Å²) in [7, 11) is 0. The van der Waals surface area contributed by atoms with Gasteiger partial charge in [-0.25, -0.2) is 0 Å². The van der Waals surface area contributed by atoms with E-state index in [0.717, 1.165) is 62.1 Å². The zero-order chi connectivity index (χ0) is 26.5. The van der Waals surface area contributed by atoms with Crippen LogP contribution in [-0.2, 0) is 28.7 Å². The zero-order valence-corrected chi connectivity index (χ0v) is 21.2. The van der Waals surface area contributed by atoms with E-state index in [0.29, 0.717) is 36.5 Å². The van der Waals surface area contributed by atoms with E-state index in [-0.39, 0.29) is 30.6 Å². The normalized spacial score (nSPS) is 24.3. The number of likely N-dealkylation sites (tertiary alicyclic amines) is 1. The van der Waals surface area contributed by atoms with Crippen LogP contribution in [0.4, 0.5) is 13.2 Å². The highest BCUT2D eigenvalue weighted by atomic mass is 19.4. The predicted octanol–water partition coefficient (Wildman–Crippen LogP) is 5.87. The van der Waals surface area contributed by atoms with Crippen molar-refractivity contribution in [1.82, 2.24) is 4.90 Å². The summed E-state index contributed by atoms with van der Waals surface area (Å²) >= 11 is 0. The van der Waals surface area contributed by atoms with Crippen molar-refractivity contribution >= 4 is 5.97 Å². The zero-order valence-electron chi connectivity index (χ0n) is 21.2. The van der Waals surface area contributed by atoms with Gasteiger partial charge in [-0.2, -0.15) is 13.2 Å². The number of aliphatic carboxylic acids is 1. The number of ether oxygens (including phenoxy) is 3. The second kappa shape index (κ2) is 9.75. The van der Waals surface area contributed by atoms with Crippen molar-refractivity contribution in [2.75, 3.05) is 26.3 Å². The van der Waals surface area contributed by atoms with Crippen molar-refractivity contribution in [2.24, 2.45) is 0 Å². The van der Waals surface area contributed by atoms with E-state index < -0.39 is 17.7 Å². The Labute approximate surface area is 219 Å². The van der Waals surface area contributed by atoms with Crippen LogP contribution in [0.5, 0.6) is 11.5 Å². The smallest absolute Gasteiger partial charge is 0.416 e. The monoisotopic (exact) mass is 531 g/mol. The third-order valence-corrected chi connectivity index (χ3v) is 8.67. The lowest BCUT2D eigenvalue weighted by Gasteiger charge is -2.39. The second-order valence-corrected chi connectivity index (χ2v) is 11.0. The lowest BCUT2D eigenvalue weighted by molar-refractivity contribution is -0.139. The first-order valence-corrected chi connectivity index (χ1v) is 13.4. The third-order valence-electron chi connectivity index (χ3n) is 8.67. The first-order chi connectivity index (χ1) is 18.2. The van der Waals surface area contributed by atoms with Gasteiger partial charge in [0.25, 0.3) is 0 Å². The van der Waals surface area contributed by atoms with Crippen molar-refractivity contribution in [1.29, 1.82) is 0 Å². The van der Waals surface area contributed by atoms with Gasteiger partial charge in [-0.1, -0.05) is 12.1 Å². The largest absolute Gasteiger partial charge is 0.492 e. The molecule has 2 aromatic carbocycles. The lowest BCUT2D eigenvalue weighted by Crippen LogP contribution is -2.43. The molecular formula is C29H32F3NO5. The van der Waals surface area contributed by atoms with Gasteiger partial charge in [-0.15, -0.1) is 0 Å². The Morgan fingerprint density at radius 3 is 2.63 bits per heavy atom. The quantitative estimate of drug-likeness (QED) is 0.503. The number of halogens is 3. The third kappa shape index (κ3) is 4.86. The first-order valence-electron chi connectivity index (χ1n) is 13.4. The van der Waals surface area contributed by atoms with Crippen molar-refractivity contribution in [3.63, 3.8) is 0 Å². The molecule has 1 N–H and O–H groups in total. The number of hydrogen-bond donors (Lipinski definition) is 1. The maximum Gasteiger partial charge on any atom is 0.416 e. The van der Waals surface area contributed by atoms with Crippen LogP contribution >= 0.6 is 0 Å². The molecule has 4 aliphatic rings. The van der Waals surface area contributed by atoms with Crippen LogP contribution in [0.25, 0.3) is 0 Å². The number of alkyl halides is 3. The van der Waals surface area contributed by atoms with Gasteiger partial charge in [0.2, 0.25) is 0 Å². The molecule has 6 rings (SSSR count). The van der Waals surface area contributed by atoms with Gasteiger partial charge in [0.1, 0.15) is 17.6 Å². The molecule has 204 valence electrons. The fourth-order valence-corrected chi connectivity index (χ4v) is 6.67. The van der Waals surface area contributed by atoms with Gasteiger partial charge >= 0.3 is 12.1 Å². The summed E-state index contributed by atoms with van der Waals surface area (Å²) in [5, 5.41) is 9.12. The average molecular weight is 532 g/mol. The number of rotatable bonds is 6. The summed E-state index contributed by atoms with van der Waals surface area (Å²) in [5.41, 5.74) is 2.15. The molecule has 0 aromatic heterocycles. The summed E-state index contributed by atoms with van der Waals surface area (Å²) in [6.07, 6.45) is 0.190. The summed E-state index contributed by atoms with van der Waals surface area (Å²) in [6, 6.07) is 8.17. The van der Waals surface area contributed by atoms with E-state index >= 15 is 0 Å². The maximum absolute atomic E-state index is 14.1. The van der Waals surface area contributed by atoms with Crippen LogP contribution in [0.15, 0.2) is 30.3 Å². The van der Waals surface area contributed by atoms with E-state index in [1.165, 1.54) is 6.07 Å². The minimum atomic E-state index is -4.42. The van der Waals surface area contributed by atoms with Gasteiger partial charge in [0.05, 0.1) is 24.2 Å². The molecule has 0 bridgehead atoms. The topological polar surface area (TPSA) is 68.2 Å². The van der Waals surface area contributed by atoms with Crippen LogP contribution < -0.4 is 9.47 Å². The molecule has 1 aliphatic carbocycles. The van der Waals surface area contributed by atoms with Crippen LogP contribution in [0.3, 0.4) is 0 Å². The Morgan fingerprint density at radius 1 is 1.13 bits per heavy atom. The van der Waals surface area contributed by atoms with Crippen molar-refractivity contribution in [3.05, 3.63) is 58.1 Å². The Bertz CT molecular complexity index is 1210. The minimum Gasteiger partial charge on any atom is -0.492 e. The number of nitrogens with zero attached hydrogens (tertiary/aromatic N) is 1. The molecule has 0 saturated carbocycles. The van der Waals surface area contributed by atoms with Crippen LogP contribution in [0.1, 0.15) is 78.4 Å². The van der Waals surface area contributed by atoms with Crippen LogP contribution in [-0.4, -0.2) is 47.9 Å². The predicted molar refractivity (Wildman–Crippen MR) is 132 cm³/mol. The van der Waals surface area contributed by atoms with Gasteiger partial charge in [0.15, 0.2) is 0 Å². The Kier molecular flexibility index (Phi) is 6.54. The maximum atomic E-state index is 14.1. The molecule has 3 heterocycles. The number of benzene rings is 2. The molecule has 1 spiro atoms. The molecule has 9 heteroatoms. The van der Waals surface area contributed by atoms with Gasteiger partial charge in [-0.3, -0.25) is 9.69 Å². The first kappa shape index (κ1) is 25.5. The number of hydrogen-bond acceptors (Lipinski definition) is 5. The highest BCUT2D eigenvalue weighted by Crippen LogP contribution is 2.45. The molecule has 6 nitrogen and oxygen atoms in total. The van der Waals surface area contributed by atoms with E-state index in [4.69, 9.17) is 19.3 Å². The molecule has 2 unspecified atom stereocenters. The SMILES string of the molecule is O=C(O)CC1COc2cc(OC3CCc4c3ccc(C(F)(F)F)c4CN3CCC4(CCCO4)CC3)ccc21. The molecule has 0 radical (unpaired) electrons. The fraction of sp³-hybridized carbons (Fsp3) is 0.552. The molecule has 3 aliphatic heterocycles. The van der Waals surface area contributed by atoms with Crippen LogP contribution in [0, 0.1) is 0 Å². The summed E-state index contributed by atoms with van der Waals surface area (Å²) in [6.45, 7) is 2.84. The van der Waals surface area contributed by atoms with E-state index in [1.807, 2.05) is 6.07 Å². The molecule has 0 amide bonds. The Balaban J connectivity index is 1.21. The Morgan fingerprint density at radius 2 is 1.92 bits per heavy atom. The van der Waals surface area contributed by atoms with Crippen LogP contribution in [0.2, 0.25) is 0 Å². The summed E-state index contributed by atoms with van der Waals surface area (Å²) < 4.78 is 60.2. The molecule has 38 heavy (non-hydrogen) atoms. The second-order valence-electron chi connectivity index (χ2n) is 11.0. The number of carbonyl (C=O) groups is 1. The molecule has 2 fully saturated rings. The number of fused-ring (bicyclic) bond motifs is 2. The highest BCUT2D eigenvalue weighted by molar-refractivity contribution is 5.68. The van der Waals surface area contributed by atoms with Gasteiger partial charge in [-0.05, 0) is 67.3 Å². The number of carboxylic acid groups (broad SMARTS) is 1. The standard InChI is InChI=1S/C29H32F3NO5/c30-29(31,32)24-6-4-22-21(23(24)16-33-11-9-28(10-12-33)8-1-13-37-28)5-7-25(22)38-19-2-3-20-18(14-27(34)35)17-36-26(20)15-19/h2-4,6,15,18,25H,1,5,7-14,16-17H2,(H,34,35). The lowest BCUT2D eigenvalue weighted by atomic mass is 9.88. The van der Waals surface area contributed by atoms with Crippen molar-refractivity contribution < 1.29 is 37.3 Å². The van der Waals surface area contributed by atoms with Gasteiger partial charge in [0, 0.05) is 43.8 Å². The van der Waals surface area contributed by atoms with Gasteiger partial charge < -0.3 is 19.3 Å². The number of carboxylic acids is 1. The fourth-order valence-electron chi connectivity index (χ4n) is 6.67. The van der Waals surface area contributed by atoms with Crippen molar-refractivity contribution in [2.45, 2.75) is 75.3 Å². The van der Waals surface area contributed by atoms with E-state index in [2.05, 4.69) is 4.90 Å². The summed E-state index contributed by atoms with van der Waals surface area (Å²) in [5.74, 6) is 0.0995. The molecule has 2 atom stereocenters.